The van der Waals surface area contributed by atoms with Crippen LogP contribution < -0.4 is 0 Å². The highest BCUT2D eigenvalue weighted by atomic mass is 16.1. The van der Waals surface area contributed by atoms with Crippen molar-refractivity contribution < 1.29 is 4.79 Å². The molecule has 3 aliphatic rings. The summed E-state index contributed by atoms with van der Waals surface area (Å²) in [6.45, 7) is 9.10. The molecule has 0 heterocycles. The first kappa shape index (κ1) is 10.6. The molecule has 0 aromatic heterocycles. The lowest BCUT2D eigenvalue weighted by atomic mass is 9.55. The first-order valence-corrected chi connectivity index (χ1v) is 6.62. The van der Waals surface area contributed by atoms with Gasteiger partial charge in [0.15, 0.2) is 0 Å². The summed E-state index contributed by atoms with van der Waals surface area (Å²) in [4.78, 5) is 12.4. The molecule has 3 rings (SSSR count). The Labute approximate surface area is 98.3 Å². The Morgan fingerprint density at radius 2 is 2.00 bits per heavy atom. The van der Waals surface area contributed by atoms with Gasteiger partial charge in [-0.1, -0.05) is 31.9 Å². The molecule has 0 bridgehead atoms. The van der Waals surface area contributed by atoms with Gasteiger partial charge in [0.1, 0.15) is 5.78 Å². The van der Waals surface area contributed by atoms with Gasteiger partial charge in [-0.25, -0.2) is 0 Å². The van der Waals surface area contributed by atoms with E-state index in [0.717, 1.165) is 6.42 Å². The van der Waals surface area contributed by atoms with Crippen LogP contribution in [-0.2, 0) is 4.79 Å². The van der Waals surface area contributed by atoms with Gasteiger partial charge in [0.25, 0.3) is 0 Å². The fraction of sp³-hybridized carbons (Fsp3) is 0.800. The van der Waals surface area contributed by atoms with E-state index in [9.17, 15) is 4.79 Å². The summed E-state index contributed by atoms with van der Waals surface area (Å²) in [6.07, 6.45) is 7.07. The predicted molar refractivity (Wildman–Crippen MR) is 65.0 cm³/mol. The van der Waals surface area contributed by atoms with E-state index >= 15 is 0 Å². The predicted octanol–water partition coefficient (Wildman–Crippen LogP) is 3.74. The van der Waals surface area contributed by atoms with E-state index in [1.54, 1.807) is 0 Å². The summed E-state index contributed by atoms with van der Waals surface area (Å²) in [5.41, 5.74) is 1.75. The molecule has 1 nitrogen and oxygen atoms in total. The summed E-state index contributed by atoms with van der Waals surface area (Å²) < 4.78 is 0. The van der Waals surface area contributed by atoms with Crippen LogP contribution in [0.25, 0.3) is 0 Å². The van der Waals surface area contributed by atoms with Crippen LogP contribution in [0.3, 0.4) is 0 Å². The lowest BCUT2D eigenvalue weighted by Crippen LogP contribution is -2.44. The topological polar surface area (TPSA) is 17.1 Å². The highest BCUT2D eigenvalue weighted by molar-refractivity contribution is 5.92. The fourth-order valence-electron chi connectivity index (χ4n) is 5.67. The van der Waals surface area contributed by atoms with Gasteiger partial charge in [-0.15, -0.1) is 0 Å². The first-order chi connectivity index (χ1) is 7.38. The minimum Gasteiger partial charge on any atom is -0.299 e. The van der Waals surface area contributed by atoms with Gasteiger partial charge in [0, 0.05) is 6.42 Å². The average Bonchev–Trinajstić information content (AvgIpc) is 2.67. The Kier molecular flexibility index (Phi) is 1.73. The molecule has 0 amide bonds. The quantitative estimate of drug-likeness (QED) is 0.566. The Hall–Kier alpha value is -0.590. The monoisotopic (exact) mass is 218 g/mol. The third-order valence-corrected chi connectivity index (χ3v) is 6.39. The molecule has 16 heavy (non-hydrogen) atoms. The Bertz CT molecular complexity index is 408. The molecule has 88 valence electrons. The number of hydrogen-bond acceptors (Lipinski definition) is 1. The number of hydrogen-bond donors (Lipinski definition) is 0. The van der Waals surface area contributed by atoms with E-state index in [0.29, 0.717) is 11.7 Å². The number of Topliss-reactive ketones (excluding diaryl/α,β-unsaturated/α-hetero) is 1. The van der Waals surface area contributed by atoms with Crippen LogP contribution in [0.2, 0.25) is 0 Å². The second-order valence-electron chi connectivity index (χ2n) is 6.72. The maximum absolute atomic E-state index is 12.4. The van der Waals surface area contributed by atoms with Gasteiger partial charge in [0.05, 0.1) is 5.41 Å². The van der Waals surface area contributed by atoms with Crippen LogP contribution >= 0.6 is 0 Å². The number of ketones is 1. The number of carbonyl (C=O) groups is 1. The van der Waals surface area contributed by atoms with E-state index in [4.69, 9.17) is 0 Å². The van der Waals surface area contributed by atoms with E-state index in [-0.39, 0.29) is 16.2 Å². The van der Waals surface area contributed by atoms with Crippen molar-refractivity contribution >= 4 is 5.78 Å². The molecule has 3 aliphatic carbocycles. The summed E-state index contributed by atoms with van der Waals surface area (Å²) in [7, 11) is 0. The van der Waals surface area contributed by atoms with Crippen molar-refractivity contribution in [3.05, 3.63) is 11.6 Å². The highest BCUT2D eigenvalue weighted by Gasteiger charge is 2.72. The van der Waals surface area contributed by atoms with Gasteiger partial charge in [0.2, 0.25) is 0 Å². The molecule has 4 atom stereocenters. The smallest absolute Gasteiger partial charge is 0.143 e. The third-order valence-electron chi connectivity index (χ3n) is 6.39. The Morgan fingerprint density at radius 3 is 2.69 bits per heavy atom. The van der Waals surface area contributed by atoms with E-state index < -0.39 is 0 Å². The zero-order valence-electron chi connectivity index (χ0n) is 10.9. The Balaban J connectivity index is 2.28. The molecule has 1 spiro atoms. The molecule has 1 heteroatoms. The standard InChI is InChI=1S/C15H22O/c1-10-8-12(16)14(4)11(2)9-13(3)6-5-7-15(10,13)14/h9-10H,5-8H2,1-4H3. The van der Waals surface area contributed by atoms with Crippen molar-refractivity contribution in [1.82, 2.24) is 0 Å². The second-order valence-corrected chi connectivity index (χ2v) is 6.72. The van der Waals surface area contributed by atoms with Gasteiger partial charge in [-0.05, 0) is 43.4 Å². The van der Waals surface area contributed by atoms with Gasteiger partial charge in [-0.3, -0.25) is 4.79 Å². The molecule has 0 aromatic rings. The zero-order valence-corrected chi connectivity index (χ0v) is 10.9. The van der Waals surface area contributed by atoms with Crippen LogP contribution in [0.4, 0.5) is 0 Å². The van der Waals surface area contributed by atoms with E-state index in [2.05, 4.69) is 33.8 Å². The molecule has 2 fully saturated rings. The average molecular weight is 218 g/mol. The maximum atomic E-state index is 12.4. The van der Waals surface area contributed by atoms with E-state index in [1.807, 2.05) is 0 Å². The third kappa shape index (κ3) is 0.752. The van der Waals surface area contributed by atoms with Crippen LogP contribution in [0.1, 0.15) is 53.4 Å². The first-order valence-electron chi connectivity index (χ1n) is 6.62. The lowest BCUT2D eigenvalue weighted by Gasteiger charge is -2.46. The maximum Gasteiger partial charge on any atom is 0.143 e. The van der Waals surface area contributed by atoms with Crippen LogP contribution in [0, 0.1) is 22.2 Å². The van der Waals surface area contributed by atoms with Crippen molar-refractivity contribution in [3.8, 4) is 0 Å². The van der Waals surface area contributed by atoms with Gasteiger partial charge < -0.3 is 0 Å². The van der Waals surface area contributed by atoms with Gasteiger partial charge >= 0.3 is 0 Å². The number of carbonyl (C=O) groups excluding carboxylic acids is 1. The highest BCUT2D eigenvalue weighted by Crippen LogP contribution is 2.76. The molecular weight excluding hydrogens is 196 g/mol. The normalized spacial score (nSPS) is 55.1. The minimum absolute atomic E-state index is 0.141. The van der Waals surface area contributed by atoms with Crippen molar-refractivity contribution in [1.29, 1.82) is 0 Å². The molecule has 2 saturated carbocycles. The molecule has 0 aromatic carbocycles. The van der Waals surface area contributed by atoms with Crippen LogP contribution in [-0.4, -0.2) is 5.78 Å². The van der Waals surface area contributed by atoms with Gasteiger partial charge in [-0.2, -0.15) is 0 Å². The van der Waals surface area contributed by atoms with Crippen molar-refractivity contribution in [2.24, 2.45) is 22.2 Å². The fourth-order valence-corrected chi connectivity index (χ4v) is 5.67. The summed E-state index contributed by atoms with van der Waals surface area (Å²) in [6, 6.07) is 0. The SMILES string of the molecule is CC1=CC2(C)CCCC23C(C)CC(=O)C13C. The van der Waals surface area contributed by atoms with Crippen molar-refractivity contribution in [3.63, 3.8) is 0 Å². The molecule has 0 N–H and O–H groups in total. The summed E-state index contributed by atoms with van der Waals surface area (Å²) in [5, 5.41) is 0. The number of allylic oxidation sites excluding steroid dienone is 2. The summed E-state index contributed by atoms with van der Waals surface area (Å²) in [5.74, 6) is 1.06. The van der Waals surface area contributed by atoms with Crippen molar-refractivity contribution in [2.45, 2.75) is 53.4 Å². The molecule has 0 aliphatic heterocycles. The second kappa shape index (κ2) is 2.63. The minimum atomic E-state index is -0.141. The van der Waals surface area contributed by atoms with Crippen LogP contribution in [0.15, 0.2) is 11.6 Å². The molecule has 0 saturated heterocycles. The summed E-state index contributed by atoms with van der Waals surface area (Å²) >= 11 is 0. The molecular formula is C15H22O. The zero-order chi connectivity index (χ0) is 11.8. The lowest BCUT2D eigenvalue weighted by molar-refractivity contribution is -0.127. The molecule has 4 unspecified atom stereocenters. The number of rotatable bonds is 0. The largest absolute Gasteiger partial charge is 0.299 e. The molecule has 0 radical (unpaired) electrons. The van der Waals surface area contributed by atoms with Crippen LogP contribution in [0.5, 0.6) is 0 Å². The Morgan fingerprint density at radius 1 is 1.31 bits per heavy atom. The van der Waals surface area contributed by atoms with Crippen molar-refractivity contribution in [2.75, 3.05) is 0 Å². The van der Waals surface area contributed by atoms with E-state index in [1.165, 1.54) is 24.8 Å².